The van der Waals surface area contributed by atoms with Gasteiger partial charge in [-0.3, -0.25) is 4.79 Å². The van der Waals surface area contributed by atoms with Gasteiger partial charge in [0.25, 0.3) is 0 Å². The van der Waals surface area contributed by atoms with Crippen molar-refractivity contribution in [2.45, 2.75) is 59.0 Å². The second-order valence-electron chi connectivity index (χ2n) is 6.06. The lowest BCUT2D eigenvalue weighted by Crippen LogP contribution is -2.43. The summed E-state index contributed by atoms with van der Waals surface area (Å²) >= 11 is 0. The molecule has 3 nitrogen and oxygen atoms in total. The van der Waals surface area contributed by atoms with E-state index in [1.165, 1.54) is 6.42 Å². The van der Waals surface area contributed by atoms with E-state index in [-0.39, 0.29) is 23.9 Å². The predicted octanol–water partition coefficient (Wildman–Crippen LogP) is 3.75. The molecule has 0 aliphatic heterocycles. The molecule has 0 aliphatic carbocycles. The summed E-state index contributed by atoms with van der Waals surface area (Å²) in [7, 11) is 0. The molecule has 1 aromatic rings. The number of benzene rings is 1. The minimum absolute atomic E-state index is 0.164. The summed E-state index contributed by atoms with van der Waals surface area (Å²) in [6, 6.07) is 9.86. The maximum atomic E-state index is 12.7. The molecule has 0 spiro atoms. The number of amides is 1. The number of nitrogens with two attached hydrogens (primary N) is 1. The van der Waals surface area contributed by atoms with Gasteiger partial charge < -0.3 is 10.6 Å². The second-order valence-corrected chi connectivity index (χ2v) is 6.06. The number of carbonyl (C=O) groups is 1. The van der Waals surface area contributed by atoms with Crippen LogP contribution in [0.1, 0.15) is 58.6 Å². The van der Waals surface area contributed by atoms with Crippen molar-refractivity contribution in [1.82, 2.24) is 4.90 Å². The van der Waals surface area contributed by atoms with Gasteiger partial charge in [-0.05, 0) is 25.8 Å². The molecule has 1 amide bonds. The lowest BCUT2D eigenvalue weighted by atomic mass is 9.93. The highest BCUT2D eigenvalue weighted by Crippen LogP contribution is 2.22. The maximum absolute atomic E-state index is 12.7. The fraction of sp³-hybridized carbons (Fsp3) is 0.611. The zero-order valence-electron chi connectivity index (χ0n) is 13.9. The molecule has 2 atom stereocenters. The molecule has 0 bridgehead atoms. The Morgan fingerprint density at radius 1 is 1.14 bits per heavy atom. The number of unbranched alkanes of at least 4 members (excludes halogenated alkanes) is 2. The first kappa shape index (κ1) is 17.7. The van der Waals surface area contributed by atoms with Crippen LogP contribution in [0.3, 0.4) is 0 Å². The van der Waals surface area contributed by atoms with E-state index in [0.717, 1.165) is 24.9 Å². The summed E-state index contributed by atoms with van der Waals surface area (Å²) in [6.45, 7) is 9.09. The molecule has 118 valence electrons. The molecule has 1 aromatic carbocycles. The van der Waals surface area contributed by atoms with Gasteiger partial charge in [-0.2, -0.15) is 0 Å². The number of carbonyl (C=O) groups excluding carboxylic acids is 1. The molecule has 2 N–H and O–H groups in total. The Kier molecular flexibility index (Phi) is 7.44. The zero-order chi connectivity index (χ0) is 15.8. The highest BCUT2D eigenvalue weighted by atomic mass is 16.2. The predicted molar refractivity (Wildman–Crippen MR) is 88.9 cm³/mol. The van der Waals surface area contributed by atoms with Crippen LogP contribution in [0.4, 0.5) is 0 Å². The van der Waals surface area contributed by atoms with Crippen LogP contribution >= 0.6 is 0 Å². The van der Waals surface area contributed by atoms with Crippen molar-refractivity contribution in [2.24, 2.45) is 11.7 Å². The smallest absolute Gasteiger partial charge is 0.227 e. The van der Waals surface area contributed by atoms with E-state index >= 15 is 0 Å². The second kappa shape index (κ2) is 8.83. The molecule has 2 unspecified atom stereocenters. The first-order chi connectivity index (χ1) is 9.99. The summed E-state index contributed by atoms with van der Waals surface area (Å²) in [6.07, 6.45) is 3.39. The minimum Gasteiger partial charge on any atom is -0.340 e. The van der Waals surface area contributed by atoms with Gasteiger partial charge in [0, 0.05) is 18.6 Å². The van der Waals surface area contributed by atoms with Crippen LogP contribution in [-0.2, 0) is 4.79 Å². The molecule has 0 radical (unpaired) electrons. The van der Waals surface area contributed by atoms with Crippen molar-refractivity contribution in [2.75, 3.05) is 6.54 Å². The van der Waals surface area contributed by atoms with Gasteiger partial charge in [0.2, 0.25) is 5.91 Å². The standard InChI is InChI=1S/C18H30N2O/c1-5-6-10-13-20(14(2)3)18(21)15(4)17(19)16-11-8-7-9-12-16/h7-9,11-12,14-15,17H,5-6,10,13,19H2,1-4H3. The van der Waals surface area contributed by atoms with Crippen molar-refractivity contribution in [3.63, 3.8) is 0 Å². The number of nitrogens with zero attached hydrogens (tertiary/aromatic N) is 1. The third-order valence-corrected chi connectivity index (χ3v) is 4.02. The highest BCUT2D eigenvalue weighted by Gasteiger charge is 2.27. The fourth-order valence-electron chi connectivity index (χ4n) is 2.53. The van der Waals surface area contributed by atoms with Crippen LogP contribution in [0, 0.1) is 5.92 Å². The molecule has 0 aliphatic rings. The quantitative estimate of drug-likeness (QED) is 0.741. The van der Waals surface area contributed by atoms with Crippen LogP contribution in [-0.4, -0.2) is 23.4 Å². The Labute approximate surface area is 129 Å². The van der Waals surface area contributed by atoms with Gasteiger partial charge in [0.1, 0.15) is 0 Å². The van der Waals surface area contributed by atoms with E-state index in [0.29, 0.717) is 0 Å². The zero-order valence-corrected chi connectivity index (χ0v) is 13.9. The van der Waals surface area contributed by atoms with Crippen molar-refractivity contribution in [3.05, 3.63) is 35.9 Å². The van der Waals surface area contributed by atoms with Gasteiger partial charge in [0.05, 0.1) is 5.92 Å². The van der Waals surface area contributed by atoms with Crippen molar-refractivity contribution < 1.29 is 4.79 Å². The van der Waals surface area contributed by atoms with Crippen LogP contribution in [0.5, 0.6) is 0 Å². The Morgan fingerprint density at radius 2 is 1.76 bits per heavy atom. The molecule has 0 aromatic heterocycles. The van der Waals surface area contributed by atoms with E-state index in [2.05, 4.69) is 20.8 Å². The summed E-state index contributed by atoms with van der Waals surface area (Å²) < 4.78 is 0. The molecule has 0 heterocycles. The van der Waals surface area contributed by atoms with Crippen LogP contribution in [0.25, 0.3) is 0 Å². The molecule has 0 saturated carbocycles. The Balaban J connectivity index is 2.73. The number of hydrogen-bond donors (Lipinski definition) is 1. The van der Waals surface area contributed by atoms with Gasteiger partial charge in [-0.1, -0.05) is 57.0 Å². The Bertz CT molecular complexity index is 416. The topological polar surface area (TPSA) is 46.3 Å². The SMILES string of the molecule is CCCCCN(C(=O)C(C)C(N)c1ccccc1)C(C)C. The summed E-state index contributed by atoms with van der Waals surface area (Å²) in [5.74, 6) is -0.0334. The maximum Gasteiger partial charge on any atom is 0.227 e. The molecule has 1 rings (SSSR count). The molecular formula is C18H30N2O. The average molecular weight is 290 g/mol. The van der Waals surface area contributed by atoms with E-state index in [4.69, 9.17) is 5.73 Å². The third-order valence-electron chi connectivity index (χ3n) is 4.02. The Hall–Kier alpha value is -1.35. The van der Waals surface area contributed by atoms with E-state index in [1.54, 1.807) is 0 Å². The van der Waals surface area contributed by atoms with Gasteiger partial charge >= 0.3 is 0 Å². The first-order valence-corrected chi connectivity index (χ1v) is 8.10. The monoisotopic (exact) mass is 290 g/mol. The van der Waals surface area contributed by atoms with Crippen molar-refractivity contribution in [1.29, 1.82) is 0 Å². The van der Waals surface area contributed by atoms with Crippen LogP contribution in [0.2, 0.25) is 0 Å². The first-order valence-electron chi connectivity index (χ1n) is 8.10. The van der Waals surface area contributed by atoms with Gasteiger partial charge in [-0.25, -0.2) is 0 Å². The minimum atomic E-state index is -0.244. The third kappa shape index (κ3) is 5.16. The lowest BCUT2D eigenvalue weighted by Gasteiger charge is -2.31. The van der Waals surface area contributed by atoms with E-state index in [1.807, 2.05) is 42.2 Å². The summed E-state index contributed by atoms with van der Waals surface area (Å²) in [5.41, 5.74) is 7.31. The summed E-state index contributed by atoms with van der Waals surface area (Å²) in [4.78, 5) is 14.7. The normalized spacial score (nSPS) is 14.0. The highest BCUT2D eigenvalue weighted by molar-refractivity contribution is 5.79. The summed E-state index contributed by atoms with van der Waals surface area (Å²) in [5, 5.41) is 0. The van der Waals surface area contributed by atoms with Crippen LogP contribution < -0.4 is 5.73 Å². The molecule has 0 saturated heterocycles. The van der Waals surface area contributed by atoms with E-state index < -0.39 is 0 Å². The van der Waals surface area contributed by atoms with E-state index in [9.17, 15) is 4.79 Å². The average Bonchev–Trinajstić information content (AvgIpc) is 2.50. The van der Waals surface area contributed by atoms with Gasteiger partial charge in [0.15, 0.2) is 0 Å². The molecular weight excluding hydrogens is 260 g/mol. The molecule has 3 heteroatoms. The molecule has 0 fully saturated rings. The fourth-order valence-corrected chi connectivity index (χ4v) is 2.53. The lowest BCUT2D eigenvalue weighted by molar-refractivity contribution is -0.137. The van der Waals surface area contributed by atoms with Crippen molar-refractivity contribution in [3.8, 4) is 0 Å². The Morgan fingerprint density at radius 3 is 2.29 bits per heavy atom. The molecule has 21 heavy (non-hydrogen) atoms. The number of hydrogen-bond acceptors (Lipinski definition) is 2. The number of rotatable bonds is 8. The largest absolute Gasteiger partial charge is 0.340 e. The van der Waals surface area contributed by atoms with Gasteiger partial charge in [-0.15, -0.1) is 0 Å². The van der Waals surface area contributed by atoms with Crippen LogP contribution in [0.15, 0.2) is 30.3 Å². The van der Waals surface area contributed by atoms with Crippen molar-refractivity contribution >= 4 is 5.91 Å².